The number of rotatable bonds is 6. The third-order valence-electron chi connectivity index (χ3n) is 3.66. The maximum Gasteiger partial charge on any atom is 0.340 e. The minimum Gasteiger partial charge on any atom is -0.449 e. The van der Waals surface area contributed by atoms with Crippen LogP contribution in [0.2, 0.25) is 0 Å². The van der Waals surface area contributed by atoms with E-state index in [9.17, 15) is 13.8 Å². The smallest absolute Gasteiger partial charge is 0.340 e. The van der Waals surface area contributed by atoms with Gasteiger partial charge in [-0.15, -0.1) is 0 Å². The van der Waals surface area contributed by atoms with E-state index in [4.69, 9.17) is 4.74 Å². The second kappa shape index (κ2) is 8.58. The van der Waals surface area contributed by atoms with Crippen molar-refractivity contribution in [1.82, 2.24) is 5.32 Å². The highest BCUT2D eigenvalue weighted by Crippen LogP contribution is 2.14. The van der Waals surface area contributed by atoms with Crippen LogP contribution in [0.3, 0.4) is 0 Å². The molecule has 25 heavy (non-hydrogen) atoms. The first kappa shape index (κ1) is 18.9. The van der Waals surface area contributed by atoms with Gasteiger partial charge in [0, 0.05) is 12.8 Å². The molecule has 0 aliphatic heterocycles. The van der Waals surface area contributed by atoms with E-state index >= 15 is 0 Å². The van der Waals surface area contributed by atoms with Gasteiger partial charge in [-0.3, -0.25) is 9.00 Å². The molecule has 6 heteroatoms. The van der Waals surface area contributed by atoms with Gasteiger partial charge in [-0.1, -0.05) is 42.0 Å². The lowest BCUT2D eigenvalue weighted by atomic mass is 10.1. The average molecular weight is 359 g/mol. The molecular formula is C19H21NO4S. The fourth-order valence-electron chi connectivity index (χ4n) is 2.20. The fourth-order valence-corrected chi connectivity index (χ4v) is 2.93. The summed E-state index contributed by atoms with van der Waals surface area (Å²) in [6, 6.07) is 14.3. The van der Waals surface area contributed by atoms with Crippen molar-refractivity contribution in [2.75, 3.05) is 6.26 Å². The molecule has 0 bridgehead atoms. The largest absolute Gasteiger partial charge is 0.449 e. The number of nitrogens with one attached hydrogen (secondary N) is 1. The summed E-state index contributed by atoms with van der Waals surface area (Å²) in [4.78, 5) is 24.8. The van der Waals surface area contributed by atoms with Crippen molar-refractivity contribution in [3.63, 3.8) is 0 Å². The normalized spacial score (nSPS) is 12.9. The predicted octanol–water partition coefficient (Wildman–Crippen LogP) is 2.59. The Bertz CT molecular complexity index is 786. The van der Waals surface area contributed by atoms with Crippen molar-refractivity contribution in [1.29, 1.82) is 0 Å². The second-order valence-corrected chi connectivity index (χ2v) is 7.05. The molecule has 1 N–H and O–H groups in total. The lowest BCUT2D eigenvalue weighted by molar-refractivity contribution is -0.129. The van der Waals surface area contributed by atoms with Gasteiger partial charge in [-0.25, -0.2) is 4.79 Å². The van der Waals surface area contributed by atoms with Crippen LogP contribution in [0.15, 0.2) is 53.4 Å². The number of carbonyl (C=O) groups excluding carboxylic acids is 2. The van der Waals surface area contributed by atoms with Crippen molar-refractivity contribution >= 4 is 22.7 Å². The number of aryl methyl sites for hydroxylation is 1. The highest BCUT2D eigenvalue weighted by Gasteiger charge is 2.21. The van der Waals surface area contributed by atoms with Crippen LogP contribution in [0.4, 0.5) is 0 Å². The third kappa shape index (κ3) is 5.26. The molecule has 0 saturated carbocycles. The quantitative estimate of drug-likeness (QED) is 0.805. The number of hydrogen-bond donors (Lipinski definition) is 1. The first-order chi connectivity index (χ1) is 11.9. The highest BCUT2D eigenvalue weighted by atomic mass is 32.2. The van der Waals surface area contributed by atoms with E-state index in [2.05, 4.69) is 5.32 Å². The predicted molar refractivity (Wildman–Crippen MR) is 96.7 cm³/mol. The standard InChI is InChI=1S/C19H21NO4S/c1-13-8-10-15(11-9-13)12-20-18(21)14(2)24-19(22)16-6-4-5-7-17(16)25(3)23/h4-11,14H,12H2,1-3H3,(H,20,21)/t14-,25-/m1/s1. The first-order valence-electron chi connectivity index (χ1n) is 7.85. The first-order valence-corrected chi connectivity index (χ1v) is 9.41. The van der Waals surface area contributed by atoms with Crippen LogP contribution >= 0.6 is 0 Å². The summed E-state index contributed by atoms with van der Waals surface area (Å²) in [5, 5.41) is 2.74. The molecule has 0 aromatic heterocycles. The second-order valence-electron chi connectivity index (χ2n) is 5.70. The number of hydrogen-bond acceptors (Lipinski definition) is 4. The summed E-state index contributed by atoms with van der Waals surface area (Å²) in [7, 11) is -1.32. The molecule has 0 aliphatic carbocycles. The summed E-state index contributed by atoms with van der Waals surface area (Å²) in [5.74, 6) is -1.05. The lowest BCUT2D eigenvalue weighted by Gasteiger charge is -2.14. The zero-order chi connectivity index (χ0) is 18.4. The summed E-state index contributed by atoms with van der Waals surface area (Å²) in [6.07, 6.45) is 0.542. The fraction of sp³-hybridized carbons (Fsp3) is 0.263. The topological polar surface area (TPSA) is 72.5 Å². The van der Waals surface area contributed by atoms with E-state index in [0.717, 1.165) is 11.1 Å². The Balaban J connectivity index is 1.95. The number of esters is 1. The Morgan fingerprint density at radius 3 is 2.40 bits per heavy atom. The molecular weight excluding hydrogens is 338 g/mol. The summed E-state index contributed by atoms with van der Waals surface area (Å²) < 4.78 is 16.9. The monoisotopic (exact) mass is 359 g/mol. The van der Waals surface area contributed by atoms with Crippen molar-refractivity contribution in [3.05, 3.63) is 65.2 Å². The molecule has 5 nitrogen and oxygen atoms in total. The molecule has 2 rings (SSSR count). The number of amides is 1. The molecule has 0 heterocycles. The van der Waals surface area contributed by atoms with Gasteiger partial charge in [0.15, 0.2) is 6.10 Å². The molecule has 2 atom stereocenters. The zero-order valence-corrected chi connectivity index (χ0v) is 15.3. The lowest BCUT2D eigenvalue weighted by Crippen LogP contribution is -2.35. The Morgan fingerprint density at radius 1 is 1.12 bits per heavy atom. The highest BCUT2D eigenvalue weighted by molar-refractivity contribution is 7.84. The van der Waals surface area contributed by atoms with Gasteiger partial charge in [-0.2, -0.15) is 0 Å². The Labute approximate surface area is 149 Å². The molecule has 2 aromatic rings. The maximum atomic E-state index is 12.3. The summed E-state index contributed by atoms with van der Waals surface area (Å²) in [6.45, 7) is 3.86. The molecule has 0 fully saturated rings. The van der Waals surface area contributed by atoms with Gasteiger partial charge in [0.1, 0.15) is 0 Å². The van der Waals surface area contributed by atoms with Crippen LogP contribution in [0.25, 0.3) is 0 Å². The van der Waals surface area contributed by atoms with Crippen LogP contribution in [-0.2, 0) is 26.9 Å². The maximum absolute atomic E-state index is 12.3. The van der Waals surface area contributed by atoms with E-state index < -0.39 is 22.9 Å². The van der Waals surface area contributed by atoms with E-state index in [1.165, 1.54) is 19.2 Å². The minimum absolute atomic E-state index is 0.210. The van der Waals surface area contributed by atoms with Gasteiger partial charge in [-0.05, 0) is 31.5 Å². The Hall–Kier alpha value is -2.47. The van der Waals surface area contributed by atoms with Crippen LogP contribution in [0.5, 0.6) is 0 Å². The van der Waals surface area contributed by atoms with Crippen LogP contribution in [-0.4, -0.2) is 28.4 Å². The van der Waals surface area contributed by atoms with Crippen molar-refractivity contribution in [3.8, 4) is 0 Å². The number of benzene rings is 2. The summed E-state index contributed by atoms with van der Waals surface area (Å²) >= 11 is 0. The molecule has 132 valence electrons. The zero-order valence-electron chi connectivity index (χ0n) is 14.4. The molecule has 0 aliphatic rings. The Morgan fingerprint density at radius 2 is 1.76 bits per heavy atom. The van der Waals surface area contributed by atoms with Gasteiger partial charge in [0.2, 0.25) is 0 Å². The average Bonchev–Trinajstić information content (AvgIpc) is 2.60. The van der Waals surface area contributed by atoms with Crippen molar-refractivity contribution < 1.29 is 18.5 Å². The SMILES string of the molecule is Cc1ccc(CNC(=O)[C@@H](C)OC(=O)c2ccccc2[S@@](C)=O)cc1. The van der Waals surface area contributed by atoms with Crippen LogP contribution < -0.4 is 5.32 Å². The van der Waals surface area contributed by atoms with E-state index in [-0.39, 0.29) is 11.5 Å². The molecule has 0 radical (unpaired) electrons. The number of ether oxygens (including phenoxy) is 1. The van der Waals surface area contributed by atoms with Crippen molar-refractivity contribution in [2.24, 2.45) is 0 Å². The summed E-state index contributed by atoms with van der Waals surface area (Å²) in [5.41, 5.74) is 2.31. The van der Waals surface area contributed by atoms with Crippen LogP contribution in [0, 0.1) is 6.92 Å². The van der Waals surface area contributed by atoms with E-state index in [1.807, 2.05) is 31.2 Å². The molecule has 0 spiro atoms. The molecule has 0 saturated heterocycles. The van der Waals surface area contributed by atoms with Gasteiger partial charge >= 0.3 is 5.97 Å². The van der Waals surface area contributed by atoms with Crippen LogP contribution in [0.1, 0.15) is 28.4 Å². The van der Waals surface area contributed by atoms with Gasteiger partial charge in [0.05, 0.1) is 21.3 Å². The molecule has 2 aromatic carbocycles. The van der Waals surface area contributed by atoms with E-state index in [1.54, 1.807) is 18.2 Å². The Kier molecular flexibility index (Phi) is 6.47. The molecule has 0 unspecified atom stereocenters. The molecule has 1 amide bonds. The van der Waals surface area contributed by atoms with Gasteiger partial charge in [0.25, 0.3) is 5.91 Å². The number of carbonyl (C=O) groups is 2. The van der Waals surface area contributed by atoms with Gasteiger partial charge < -0.3 is 10.1 Å². The minimum atomic E-state index is -1.32. The van der Waals surface area contributed by atoms with E-state index in [0.29, 0.717) is 11.4 Å². The van der Waals surface area contributed by atoms with Crippen molar-refractivity contribution in [2.45, 2.75) is 31.4 Å². The third-order valence-corrected chi connectivity index (χ3v) is 4.63.